The van der Waals surface area contributed by atoms with Gasteiger partial charge in [0.05, 0.1) is 0 Å². The van der Waals surface area contributed by atoms with Crippen LogP contribution in [0.25, 0.3) is 0 Å². The number of methoxy groups -OCH3 is 2. The third-order valence-corrected chi connectivity index (χ3v) is 1.65. The van der Waals surface area contributed by atoms with Gasteiger partial charge < -0.3 is 14.6 Å². The summed E-state index contributed by atoms with van der Waals surface area (Å²) in [5.41, 5.74) is 1.06. The molecule has 1 N–H and O–H groups in total. The number of aliphatic hydroxyl groups excluding tert-OH is 1. The fraction of sp³-hybridized carbons (Fsp3) is 0.778. The van der Waals surface area contributed by atoms with Crippen molar-refractivity contribution in [2.75, 3.05) is 14.2 Å². The quantitative estimate of drug-likeness (QED) is 0.487. The van der Waals surface area contributed by atoms with Crippen molar-refractivity contribution in [1.82, 2.24) is 0 Å². The topological polar surface area (TPSA) is 38.7 Å². The molecule has 0 radical (unpaired) electrons. The van der Waals surface area contributed by atoms with E-state index in [1.807, 2.05) is 6.92 Å². The van der Waals surface area contributed by atoms with Crippen molar-refractivity contribution in [3.63, 3.8) is 0 Å². The molecule has 3 heteroatoms. The molecule has 0 aromatic heterocycles. The van der Waals surface area contributed by atoms with Gasteiger partial charge in [0.2, 0.25) is 0 Å². The fourth-order valence-electron chi connectivity index (χ4n) is 0.941. The molecule has 0 bridgehead atoms. The standard InChI is InChI=1S/C9H18O3/c1-7(2)5-6-8(10)9(11-3)12-4/h8-10H,1,5-6H2,2-4H3. The van der Waals surface area contributed by atoms with Crippen LogP contribution < -0.4 is 0 Å². The fourth-order valence-corrected chi connectivity index (χ4v) is 0.941. The number of rotatable bonds is 6. The van der Waals surface area contributed by atoms with Crippen LogP contribution in [0.4, 0.5) is 0 Å². The van der Waals surface area contributed by atoms with Crippen LogP contribution in [0.2, 0.25) is 0 Å². The Bertz CT molecular complexity index is 130. The Kier molecular flexibility index (Phi) is 5.98. The van der Waals surface area contributed by atoms with Gasteiger partial charge in [-0.15, -0.1) is 6.58 Å². The summed E-state index contributed by atoms with van der Waals surface area (Å²) in [6.45, 7) is 5.68. The van der Waals surface area contributed by atoms with Crippen molar-refractivity contribution in [2.45, 2.75) is 32.2 Å². The summed E-state index contributed by atoms with van der Waals surface area (Å²) in [6, 6.07) is 0. The van der Waals surface area contributed by atoms with Crippen molar-refractivity contribution in [3.05, 3.63) is 12.2 Å². The van der Waals surface area contributed by atoms with Gasteiger partial charge in [0.25, 0.3) is 0 Å². The molecule has 0 aliphatic carbocycles. The van der Waals surface area contributed by atoms with Crippen molar-refractivity contribution in [2.24, 2.45) is 0 Å². The smallest absolute Gasteiger partial charge is 0.182 e. The molecule has 0 heterocycles. The molecule has 0 rings (SSSR count). The van der Waals surface area contributed by atoms with Crippen molar-refractivity contribution in [3.8, 4) is 0 Å². The second kappa shape index (κ2) is 6.17. The Morgan fingerprint density at radius 1 is 1.42 bits per heavy atom. The lowest BCUT2D eigenvalue weighted by Gasteiger charge is -2.19. The minimum atomic E-state index is -0.573. The summed E-state index contributed by atoms with van der Waals surface area (Å²) in [7, 11) is 3.02. The van der Waals surface area contributed by atoms with Crippen LogP contribution in [-0.2, 0) is 9.47 Å². The lowest BCUT2D eigenvalue weighted by Crippen LogP contribution is -2.29. The molecular formula is C9H18O3. The van der Waals surface area contributed by atoms with E-state index in [-0.39, 0.29) is 0 Å². The number of allylic oxidation sites excluding steroid dienone is 1. The second-order valence-corrected chi connectivity index (χ2v) is 2.90. The Morgan fingerprint density at radius 3 is 2.25 bits per heavy atom. The maximum absolute atomic E-state index is 9.47. The minimum Gasteiger partial charge on any atom is -0.388 e. The van der Waals surface area contributed by atoms with Crippen molar-refractivity contribution in [1.29, 1.82) is 0 Å². The Morgan fingerprint density at radius 2 is 1.92 bits per heavy atom. The first kappa shape index (κ1) is 11.6. The van der Waals surface area contributed by atoms with E-state index >= 15 is 0 Å². The van der Waals surface area contributed by atoms with Gasteiger partial charge in [0, 0.05) is 14.2 Å². The van der Waals surface area contributed by atoms with Gasteiger partial charge in [-0.05, 0) is 19.8 Å². The molecule has 3 nitrogen and oxygen atoms in total. The van der Waals surface area contributed by atoms with Gasteiger partial charge >= 0.3 is 0 Å². The van der Waals surface area contributed by atoms with Crippen LogP contribution >= 0.6 is 0 Å². The summed E-state index contributed by atoms with van der Waals surface area (Å²) in [5, 5.41) is 9.47. The summed E-state index contributed by atoms with van der Waals surface area (Å²) in [6.07, 6.45) is 0.326. The first-order chi connectivity index (χ1) is 5.61. The van der Waals surface area contributed by atoms with E-state index in [2.05, 4.69) is 6.58 Å². The highest BCUT2D eigenvalue weighted by Crippen LogP contribution is 2.09. The Hall–Kier alpha value is -0.380. The summed E-state index contributed by atoms with van der Waals surface area (Å²) >= 11 is 0. The van der Waals surface area contributed by atoms with E-state index in [4.69, 9.17) is 9.47 Å². The highest BCUT2D eigenvalue weighted by molar-refractivity contribution is 4.88. The maximum Gasteiger partial charge on any atom is 0.182 e. The predicted molar refractivity (Wildman–Crippen MR) is 47.9 cm³/mol. The molecule has 0 saturated carbocycles. The van der Waals surface area contributed by atoms with Gasteiger partial charge in [-0.1, -0.05) is 5.57 Å². The van der Waals surface area contributed by atoms with E-state index in [1.54, 1.807) is 0 Å². The average Bonchev–Trinajstić information content (AvgIpc) is 2.03. The SMILES string of the molecule is C=C(C)CCC(O)C(OC)OC. The van der Waals surface area contributed by atoms with Crippen LogP contribution in [0, 0.1) is 0 Å². The van der Waals surface area contributed by atoms with Crippen LogP contribution in [0.5, 0.6) is 0 Å². The molecule has 0 amide bonds. The molecule has 72 valence electrons. The van der Waals surface area contributed by atoms with Gasteiger partial charge in [-0.25, -0.2) is 0 Å². The van der Waals surface area contributed by atoms with Gasteiger partial charge in [-0.3, -0.25) is 0 Å². The van der Waals surface area contributed by atoms with Gasteiger partial charge in [0.1, 0.15) is 6.10 Å². The highest BCUT2D eigenvalue weighted by atomic mass is 16.7. The highest BCUT2D eigenvalue weighted by Gasteiger charge is 2.16. The van der Waals surface area contributed by atoms with Crippen molar-refractivity contribution < 1.29 is 14.6 Å². The van der Waals surface area contributed by atoms with Crippen LogP contribution in [0.3, 0.4) is 0 Å². The zero-order valence-corrected chi connectivity index (χ0v) is 8.04. The number of ether oxygens (including phenoxy) is 2. The molecule has 0 fully saturated rings. The normalized spacial score (nSPS) is 13.4. The molecule has 1 atom stereocenters. The van der Waals surface area contributed by atoms with E-state index in [0.717, 1.165) is 12.0 Å². The third kappa shape index (κ3) is 4.49. The van der Waals surface area contributed by atoms with Gasteiger partial charge in [0.15, 0.2) is 6.29 Å². The van der Waals surface area contributed by atoms with Crippen LogP contribution in [0.15, 0.2) is 12.2 Å². The molecular weight excluding hydrogens is 156 g/mol. The van der Waals surface area contributed by atoms with Crippen molar-refractivity contribution >= 4 is 0 Å². The first-order valence-electron chi connectivity index (χ1n) is 3.99. The van der Waals surface area contributed by atoms with E-state index < -0.39 is 12.4 Å². The maximum atomic E-state index is 9.47. The summed E-state index contributed by atoms with van der Waals surface area (Å²) in [4.78, 5) is 0. The number of aliphatic hydroxyl groups is 1. The minimum absolute atomic E-state index is 0.524. The summed E-state index contributed by atoms with van der Waals surface area (Å²) < 4.78 is 9.78. The summed E-state index contributed by atoms with van der Waals surface area (Å²) in [5.74, 6) is 0. The predicted octanol–water partition coefficient (Wildman–Crippen LogP) is 1.32. The lowest BCUT2D eigenvalue weighted by molar-refractivity contribution is -0.165. The van der Waals surface area contributed by atoms with E-state index in [1.165, 1.54) is 14.2 Å². The van der Waals surface area contributed by atoms with E-state index in [9.17, 15) is 5.11 Å². The second-order valence-electron chi connectivity index (χ2n) is 2.90. The third-order valence-electron chi connectivity index (χ3n) is 1.65. The Balaban J connectivity index is 3.68. The lowest BCUT2D eigenvalue weighted by atomic mass is 10.1. The van der Waals surface area contributed by atoms with Gasteiger partial charge in [-0.2, -0.15) is 0 Å². The number of hydrogen-bond acceptors (Lipinski definition) is 3. The molecule has 12 heavy (non-hydrogen) atoms. The first-order valence-corrected chi connectivity index (χ1v) is 3.99. The number of hydrogen-bond donors (Lipinski definition) is 1. The zero-order chi connectivity index (χ0) is 9.56. The molecule has 0 aromatic rings. The largest absolute Gasteiger partial charge is 0.388 e. The van der Waals surface area contributed by atoms with Crippen LogP contribution in [-0.4, -0.2) is 31.7 Å². The Labute approximate surface area is 74.0 Å². The molecule has 0 aliphatic rings. The van der Waals surface area contributed by atoms with E-state index in [0.29, 0.717) is 6.42 Å². The molecule has 0 spiro atoms. The molecule has 0 aromatic carbocycles. The van der Waals surface area contributed by atoms with Crippen LogP contribution in [0.1, 0.15) is 19.8 Å². The monoisotopic (exact) mass is 174 g/mol. The molecule has 0 saturated heterocycles. The molecule has 0 aliphatic heterocycles. The molecule has 1 unspecified atom stereocenters. The zero-order valence-electron chi connectivity index (χ0n) is 8.04. The average molecular weight is 174 g/mol.